The predicted molar refractivity (Wildman–Crippen MR) is 168 cm³/mol. The number of carbonyl (C=O) groups is 2. The van der Waals surface area contributed by atoms with Gasteiger partial charge in [-0.1, -0.05) is 24.3 Å². The summed E-state index contributed by atoms with van der Waals surface area (Å²) >= 11 is 0. The minimum atomic E-state index is -0.213. The highest BCUT2D eigenvalue weighted by atomic mass is 35.5. The molecule has 40 heavy (non-hydrogen) atoms. The van der Waals surface area contributed by atoms with Crippen molar-refractivity contribution < 1.29 is 9.59 Å². The van der Waals surface area contributed by atoms with Gasteiger partial charge in [0.15, 0.2) is 0 Å². The van der Waals surface area contributed by atoms with E-state index in [1.807, 2.05) is 72.8 Å². The van der Waals surface area contributed by atoms with Gasteiger partial charge in [-0.15, -0.1) is 24.8 Å². The van der Waals surface area contributed by atoms with Crippen LogP contribution in [-0.2, 0) is 9.59 Å². The van der Waals surface area contributed by atoms with Crippen LogP contribution in [0.15, 0.2) is 94.9 Å². The van der Waals surface area contributed by atoms with Crippen molar-refractivity contribution in [2.45, 2.75) is 0 Å². The van der Waals surface area contributed by atoms with Gasteiger partial charge >= 0.3 is 0 Å². The molecule has 0 saturated carbocycles. The number of anilines is 2. The van der Waals surface area contributed by atoms with Crippen molar-refractivity contribution in [3.05, 3.63) is 107 Å². The maximum atomic E-state index is 12.3. The lowest BCUT2D eigenvalue weighted by Crippen LogP contribution is -2.19. The zero-order chi connectivity index (χ0) is 26.2. The van der Waals surface area contributed by atoms with Crippen LogP contribution < -0.4 is 21.3 Å². The number of benzene rings is 3. The van der Waals surface area contributed by atoms with Gasteiger partial charge in [0.2, 0.25) is 11.8 Å². The number of nitrogens with zero attached hydrogens (tertiary/aromatic N) is 2. The zero-order valence-electron chi connectivity index (χ0n) is 21.6. The average molecular weight is 578 g/mol. The van der Waals surface area contributed by atoms with E-state index in [-0.39, 0.29) is 36.6 Å². The molecule has 4 N–H and O–H groups in total. The monoisotopic (exact) mass is 576 g/mol. The summed E-state index contributed by atoms with van der Waals surface area (Å²) < 4.78 is 0. The molecule has 0 aromatic heterocycles. The molecule has 10 heteroatoms. The van der Waals surface area contributed by atoms with Crippen molar-refractivity contribution in [1.29, 1.82) is 0 Å². The SMILES string of the molecule is Cl.Cl.O=C(C=Cc1ccc(C=CC(=O)Nc2ccc(C3=NCCN3)cc2)cc1)Nc1ccc(C2=NCCN2)cc1. The van der Waals surface area contributed by atoms with Gasteiger partial charge in [-0.05, 0) is 71.8 Å². The van der Waals surface area contributed by atoms with Crippen molar-refractivity contribution in [3.8, 4) is 0 Å². The third-order valence-corrected chi connectivity index (χ3v) is 5.99. The summed E-state index contributed by atoms with van der Waals surface area (Å²) in [5, 5.41) is 12.2. The molecular formula is C30H30Cl2N6O2. The molecular weight excluding hydrogens is 547 g/mol. The molecule has 206 valence electrons. The van der Waals surface area contributed by atoms with Crippen LogP contribution in [0.4, 0.5) is 11.4 Å². The fourth-order valence-electron chi connectivity index (χ4n) is 4.04. The van der Waals surface area contributed by atoms with E-state index in [2.05, 4.69) is 31.3 Å². The standard InChI is InChI=1S/C30H28N6O2.2ClH/c37-27(35-25-11-7-23(8-12-25)29-31-17-18-32-29)15-5-21-1-2-22(4-3-21)6-16-28(38)36-26-13-9-24(10-14-26)30-33-19-20-34-30;;/h1-16H,17-20H2,(H,31,32)(H,33,34)(H,35,37)(H,36,38);2*1H. The first kappa shape index (κ1) is 30.1. The number of rotatable bonds is 8. The Morgan fingerprint density at radius 2 is 0.975 bits per heavy atom. The van der Waals surface area contributed by atoms with Gasteiger partial charge in [-0.2, -0.15) is 0 Å². The molecule has 0 fully saturated rings. The minimum absolute atomic E-state index is 0. The second kappa shape index (κ2) is 14.7. The maximum Gasteiger partial charge on any atom is 0.248 e. The summed E-state index contributed by atoms with van der Waals surface area (Å²) in [4.78, 5) is 33.4. The Bertz CT molecular complexity index is 1320. The Morgan fingerprint density at radius 1 is 0.600 bits per heavy atom. The lowest BCUT2D eigenvalue weighted by atomic mass is 10.1. The largest absolute Gasteiger partial charge is 0.368 e. The average Bonchev–Trinajstić information content (AvgIpc) is 3.68. The van der Waals surface area contributed by atoms with Crippen molar-refractivity contribution in [3.63, 3.8) is 0 Å². The highest BCUT2D eigenvalue weighted by Crippen LogP contribution is 2.14. The van der Waals surface area contributed by atoms with Crippen LogP contribution in [0.3, 0.4) is 0 Å². The van der Waals surface area contributed by atoms with E-state index in [1.54, 1.807) is 12.2 Å². The molecule has 2 heterocycles. The molecule has 2 amide bonds. The fraction of sp³-hybridized carbons (Fsp3) is 0.133. The second-order valence-corrected chi connectivity index (χ2v) is 8.78. The van der Waals surface area contributed by atoms with Gasteiger partial charge in [0.1, 0.15) is 11.7 Å². The molecule has 8 nitrogen and oxygen atoms in total. The Labute approximate surface area is 245 Å². The summed E-state index contributed by atoms with van der Waals surface area (Å²) in [6.07, 6.45) is 6.49. The van der Waals surface area contributed by atoms with Gasteiger partial charge < -0.3 is 21.3 Å². The van der Waals surface area contributed by atoms with E-state index in [0.717, 1.165) is 71.5 Å². The van der Waals surface area contributed by atoms with E-state index in [0.29, 0.717) is 0 Å². The number of hydrogen-bond donors (Lipinski definition) is 4. The highest BCUT2D eigenvalue weighted by molar-refractivity contribution is 6.04. The van der Waals surface area contributed by atoms with E-state index >= 15 is 0 Å². The molecule has 2 aliphatic rings. The van der Waals surface area contributed by atoms with Crippen LogP contribution in [0.2, 0.25) is 0 Å². The third-order valence-electron chi connectivity index (χ3n) is 5.99. The lowest BCUT2D eigenvalue weighted by Gasteiger charge is -2.05. The van der Waals surface area contributed by atoms with E-state index in [1.165, 1.54) is 12.2 Å². The summed E-state index contributed by atoms with van der Waals surface area (Å²) in [6, 6.07) is 22.7. The number of nitrogens with one attached hydrogen (secondary N) is 4. The van der Waals surface area contributed by atoms with Crippen LogP contribution in [0.25, 0.3) is 12.2 Å². The Balaban J connectivity index is 0.00000220. The first-order valence-corrected chi connectivity index (χ1v) is 12.5. The van der Waals surface area contributed by atoms with Gasteiger partial charge in [-0.3, -0.25) is 19.6 Å². The molecule has 0 unspecified atom stereocenters. The first-order valence-electron chi connectivity index (χ1n) is 12.5. The predicted octanol–water partition coefficient (Wildman–Crippen LogP) is 4.53. The molecule has 5 rings (SSSR count). The van der Waals surface area contributed by atoms with E-state index in [4.69, 9.17) is 0 Å². The van der Waals surface area contributed by atoms with Crippen LogP contribution in [0, 0.1) is 0 Å². The summed E-state index contributed by atoms with van der Waals surface area (Å²) in [6.45, 7) is 3.29. The van der Waals surface area contributed by atoms with Gasteiger partial charge in [0, 0.05) is 47.7 Å². The van der Waals surface area contributed by atoms with Gasteiger partial charge in [-0.25, -0.2) is 0 Å². The summed E-state index contributed by atoms with van der Waals surface area (Å²) in [5.74, 6) is 1.35. The number of halogens is 2. The summed E-state index contributed by atoms with van der Waals surface area (Å²) in [5.41, 5.74) is 5.20. The van der Waals surface area contributed by atoms with E-state index < -0.39 is 0 Å². The Hall–Kier alpha value is -4.40. The third kappa shape index (κ3) is 8.30. The summed E-state index contributed by atoms with van der Waals surface area (Å²) in [7, 11) is 0. The molecule has 0 radical (unpaired) electrons. The molecule has 0 atom stereocenters. The van der Waals surface area contributed by atoms with Gasteiger partial charge in [0.05, 0.1) is 13.1 Å². The lowest BCUT2D eigenvalue weighted by molar-refractivity contribution is -0.112. The Kier molecular flexibility index (Phi) is 11.1. The quantitative estimate of drug-likeness (QED) is 0.295. The molecule has 3 aromatic carbocycles. The number of amides is 2. The number of aliphatic imine (C=N–C) groups is 2. The normalized spacial score (nSPS) is 13.9. The number of carbonyl (C=O) groups excluding carboxylic acids is 2. The molecule has 0 spiro atoms. The van der Waals surface area contributed by atoms with Crippen molar-refractivity contribution in [1.82, 2.24) is 10.6 Å². The fourth-order valence-corrected chi connectivity index (χ4v) is 4.04. The van der Waals surface area contributed by atoms with E-state index in [9.17, 15) is 9.59 Å². The maximum absolute atomic E-state index is 12.3. The minimum Gasteiger partial charge on any atom is -0.368 e. The topological polar surface area (TPSA) is 107 Å². The molecule has 2 aliphatic heterocycles. The van der Waals surface area contributed by atoms with Crippen LogP contribution in [-0.4, -0.2) is 49.7 Å². The zero-order valence-corrected chi connectivity index (χ0v) is 23.2. The van der Waals surface area contributed by atoms with Crippen LogP contribution in [0.1, 0.15) is 22.3 Å². The van der Waals surface area contributed by atoms with Crippen molar-refractivity contribution in [2.75, 3.05) is 36.8 Å². The molecule has 3 aromatic rings. The molecule has 0 aliphatic carbocycles. The second-order valence-electron chi connectivity index (χ2n) is 8.78. The van der Waals surface area contributed by atoms with Crippen molar-refractivity contribution in [2.24, 2.45) is 9.98 Å². The molecule has 0 bridgehead atoms. The Morgan fingerprint density at radius 3 is 1.30 bits per heavy atom. The number of hydrogen-bond acceptors (Lipinski definition) is 6. The highest BCUT2D eigenvalue weighted by Gasteiger charge is 2.09. The van der Waals surface area contributed by atoms with Crippen LogP contribution >= 0.6 is 24.8 Å². The van der Waals surface area contributed by atoms with Crippen molar-refractivity contribution >= 4 is 71.8 Å². The van der Waals surface area contributed by atoms with Crippen LogP contribution in [0.5, 0.6) is 0 Å². The number of amidine groups is 2. The van der Waals surface area contributed by atoms with Gasteiger partial charge in [0.25, 0.3) is 0 Å². The molecule has 0 saturated heterocycles. The smallest absolute Gasteiger partial charge is 0.248 e. The first-order chi connectivity index (χ1) is 18.6.